The molecule has 0 heterocycles. The molecule has 102 valence electrons. The quantitative estimate of drug-likeness (QED) is 0.908. The van der Waals surface area contributed by atoms with E-state index in [0.717, 1.165) is 6.42 Å². The van der Waals surface area contributed by atoms with E-state index in [9.17, 15) is 8.42 Å². The molecule has 0 aliphatic carbocycles. The maximum absolute atomic E-state index is 12.3. The Bertz CT molecular complexity index is 532. The minimum absolute atomic E-state index is 0.0463. The van der Waals surface area contributed by atoms with Gasteiger partial charge in [-0.3, -0.25) is 0 Å². The van der Waals surface area contributed by atoms with E-state index in [2.05, 4.69) is 0 Å². The van der Waals surface area contributed by atoms with E-state index in [1.165, 1.54) is 23.5 Å². The molecule has 0 saturated carbocycles. The predicted octanol–water partition coefficient (Wildman–Crippen LogP) is 2.48. The first-order valence-electron chi connectivity index (χ1n) is 5.49. The third kappa shape index (κ3) is 3.16. The van der Waals surface area contributed by atoms with Crippen molar-refractivity contribution >= 4 is 33.2 Å². The van der Waals surface area contributed by atoms with Crippen LogP contribution in [0.1, 0.15) is 18.9 Å². The van der Waals surface area contributed by atoms with Crippen molar-refractivity contribution in [2.75, 3.05) is 13.6 Å². The Labute approximate surface area is 118 Å². The van der Waals surface area contributed by atoms with Gasteiger partial charge < -0.3 is 5.73 Å². The summed E-state index contributed by atoms with van der Waals surface area (Å²) in [5.41, 5.74) is 6.07. The van der Waals surface area contributed by atoms with Crippen molar-refractivity contribution in [2.24, 2.45) is 5.73 Å². The molecule has 0 amide bonds. The molecule has 1 aromatic carbocycles. The van der Waals surface area contributed by atoms with Crippen molar-refractivity contribution < 1.29 is 8.42 Å². The van der Waals surface area contributed by atoms with Gasteiger partial charge in [0, 0.05) is 25.2 Å². The Morgan fingerprint density at radius 2 is 1.89 bits per heavy atom. The monoisotopic (exact) mass is 310 g/mol. The van der Waals surface area contributed by atoms with Gasteiger partial charge in [0.2, 0.25) is 10.0 Å². The van der Waals surface area contributed by atoms with Crippen LogP contribution in [0.15, 0.2) is 17.0 Å². The molecule has 0 aromatic heterocycles. The van der Waals surface area contributed by atoms with E-state index in [1.807, 2.05) is 6.92 Å². The van der Waals surface area contributed by atoms with Crippen LogP contribution in [0, 0.1) is 0 Å². The first kappa shape index (κ1) is 15.7. The molecule has 18 heavy (non-hydrogen) atoms. The highest BCUT2D eigenvalue weighted by Crippen LogP contribution is 2.30. The molecule has 0 saturated heterocycles. The standard InChI is InChI=1S/C11H16Cl2N2O2S/c1-3-4-15(2)18(16,17)11-5-8(7-14)9(12)6-10(11)13/h5-6H,3-4,7,14H2,1-2H3. The van der Waals surface area contributed by atoms with Crippen molar-refractivity contribution in [3.8, 4) is 0 Å². The average Bonchev–Trinajstić information content (AvgIpc) is 2.29. The van der Waals surface area contributed by atoms with Gasteiger partial charge in [0.05, 0.1) is 5.02 Å². The van der Waals surface area contributed by atoms with Crippen molar-refractivity contribution in [3.05, 3.63) is 27.7 Å². The van der Waals surface area contributed by atoms with E-state index >= 15 is 0 Å². The van der Waals surface area contributed by atoms with Crippen molar-refractivity contribution in [1.29, 1.82) is 0 Å². The second-order valence-corrected chi connectivity index (χ2v) is 6.73. The molecule has 0 unspecified atom stereocenters. The van der Waals surface area contributed by atoms with Crippen molar-refractivity contribution in [2.45, 2.75) is 24.8 Å². The Balaban J connectivity index is 3.32. The summed E-state index contributed by atoms with van der Waals surface area (Å²) < 4.78 is 25.8. The molecule has 1 rings (SSSR count). The van der Waals surface area contributed by atoms with Gasteiger partial charge in [0.1, 0.15) is 4.90 Å². The lowest BCUT2D eigenvalue weighted by atomic mass is 10.2. The molecule has 0 radical (unpaired) electrons. The van der Waals surface area contributed by atoms with E-state index in [4.69, 9.17) is 28.9 Å². The molecule has 0 aliphatic heterocycles. The predicted molar refractivity (Wildman–Crippen MR) is 74.5 cm³/mol. The SMILES string of the molecule is CCCN(C)S(=O)(=O)c1cc(CN)c(Cl)cc1Cl. The Morgan fingerprint density at radius 3 is 2.39 bits per heavy atom. The van der Waals surface area contributed by atoms with Crippen LogP contribution < -0.4 is 5.73 Å². The summed E-state index contributed by atoms with van der Waals surface area (Å²) in [6.45, 7) is 2.50. The van der Waals surface area contributed by atoms with Crippen LogP contribution >= 0.6 is 23.2 Å². The largest absolute Gasteiger partial charge is 0.326 e. The minimum Gasteiger partial charge on any atom is -0.326 e. The summed E-state index contributed by atoms with van der Waals surface area (Å²) in [6.07, 6.45) is 0.727. The number of sulfonamides is 1. The lowest BCUT2D eigenvalue weighted by Gasteiger charge is -2.18. The van der Waals surface area contributed by atoms with Gasteiger partial charge in [-0.25, -0.2) is 12.7 Å². The second-order valence-electron chi connectivity index (χ2n) is 3.90. The van der Waals surface area contributed by atoms with Crippen molar-refractivity contribution in [1.82, 2.24) is 4.31 Å². The van der Waals surface area contributed by atoms with Crippen LogP contribution in [0.3, 0.4) is 0 Å². The number of hydrogen-bond donors (Lipinski definition) is 1. The first-order chi connectivity index (χ1) is 8.34. The highest BCUT2D eigenvalue weighted by molar-refractivity contribution is 7.89. The van der Waals surface area contributed by atoms with Gasteiger partial charge in [0.25, 0.3) is 0 Å². The van der Waals surface area contributed by atoms with Crippen LogP contribution in [0.2, 0.25) is 10.0 Å². The van der Waals surface area contributed by atoms with E-state index < -0.39 is 10.0 Å². The maximum Gasteiger partial charge on any atom is 0.244 e. The lowest BCUT2D eigenvalue weighted by molar-refractivity contribution is 0.468. The number of nitrogens with zero attached hydrogens (tertiary/aromatic N) is 1. The second kappa shape index (κ2) is 6.21. The fourth-order valence-electron chi connectivity index (χ4n) is 1.53. The van der Waals surface area contributed by atoms with E-state index in [-0.39, 0.29) is 16.5 Å². The number of nitrogens with two attached hydrogens (primary N) is 1. The first-order valence-corrected chi connectivity index (χ1v) is 7.68. The summed E-state index contributed by atoms with van der Waals surface area (Å²) in [4.78, 5) is 0.0463. The third-order valence-corrected chi connectivity index (χ3v) is 5.22. The molecule has 1 aromatic rings. The summed E-state index contributed by atoms with van der Waals surface area (Å²) in [5.74, 6) is 0. The van der Waals surface area contributed by atoms with Crippen LogP contribution in [-0.4, -0.2) is 26.3 Å². The number of hydrogen-bond acceptors (Lipinski definition) is 3. The van der Waals surface area contributed by atoms with Gasteiger partial charge in [-0.05, 0) is 24.1 Å². The summed E-state index contributed by atoms with van der Waals surface area (Å²) in [5, 5.41) is 0.486. The van der Waals surface area contributed by atoms with Gasteiger partial charge in [0.15, 0.2) is 0 Å². The lowest BCUT2D eigenvalue weighted by Crippen LogP contribution is -2.28. The fraction of sp³-hybridized carbons (Fsp3) is 0.455. The smallest absolute Gasteiger partial charge is 0.244 e. The molecule has 0 fully saturated rings. The van der Waals surface area contributed by atoms with E-state index in [0.29, 0.717) is 17.1 Å². The fourth-order valence-corrected chi connectivity index (χ4v) is 3.64. The summed E-state index contributed by atoms with van der Waals surface area (Å²) in [6, 6.07) is 2.85. The maximum atomic E-state index is 12.3. The molecular weight excluding hydrogens is 295 g/mol. The summed E-state index contributed by atoms with van der Waals surface area (Å²) >= 11 is 11.9. The number of benzene rings is 1. The highest BCUT2D eigenvalue weighted by Gasteiger charge is 2.24. The van der Waals surface area contributed by atoms with E-state index in [1.54, 1.807) is 0 Å². The zero-order chi connectivity index (χ0) is 13.9. The molecule has 4 nitrogen and oxygen atoms in total. The zero-order valence-electron chi connectivity index (χ0n) is 10.3. The molecule has 0 atom stereocenters. The number of halogens is 2. The molecule has 0 bridgehead atoms. The van der Waals surface area contributed by atoms with Crippen molar-refractivity contribution in [3.63, 3.8) is 0 Å². The topological polar surface area (TPSA) is 63.4 Å². The highest BCUT2D eigenvalue weighted by atomic mass is 35.5. The molecule has 0 aliphatic rings. The van der Waals surface area contributed by atoms with Gasteiger partial charge >= 0.3 is 0 Å². The van der Waals surface area contributed by atoms with Crippen LogP contribution in [0.25, 0.3) is 0 Å². The molecule has 2 N–H and O–H groups in total. The minimum atomic E-state index is -3.59. The Hall–Kier alpha value is -0.330. The number of rotatable bonds is 5. The van der Waals surface area contributed by atoms with Crippen LogP contribution in [0.5, 0.6) is 0 Å². The van der Waals surface area contributed by atoms with Gasteiger partial charge in [-0.2, -0.15) is 0 Å². The normalized spacial score (nSPS) is 12.1. The van der Waals surface area contributed by atoms with Crippen LogP contribution in [-0.2, 0) is 16.6 Å². The Kier molecular flexibility index (Phi) is 5.43. The molecule has 7 heteroatoms. The summed E-state index contributed by atoms with van der Waals surface area (Å²) in [7, 11) is -2.07. The van der Waals surface area contributed by atoms with Gasteiger partial charge in [-0.1, -0.05) is 30.1 Å². The third-order valence-electron chi connectivity index (χ3n) is 2.55. The van der Waals surface area contributed by atoms with Crippen LogP contribution in [0.4, 0.5) is 0 Å². The molecule has 0 spiro atoms. The zero-order valence-corrected chi connectivity index (χ0v) is 12.6. The Morgan fingerprint density at radius 1 is 1.28 bits per heavy atom. The average molecular weight is 311 g/mol. The van der Waals surface area contributed by atoms with Gasteiger partial charge in [-0.15, -0.1) is 0 Å². The molecular formula is C11H16Cl2N2O2S.